The smallest absolute Gasteiger partial charge is 0.258 e. The van der Waals surface area contributed by atoms with Gasteiger partial charge in [-0.1, -0.05) is 25.0 Å². The van der Waals surface area contributed by atoms with Gasteiger partial charge in [0.1, 0.15) is 22.9 Å². The van der Waals surface area contributed by atoms with Gasteiger partial charge in [-0.05, 0) is 56.7 Å². The van der Waals surface area contributed by atoms with Crippen LogP contribution in [-0.2, 0) is 4.79 Å². The molecule has 1 aliphatic heterocycles. The lowest BCUT2D eigenvalue weighted by atomic mass is 9.84. The number of rotatable bonds is 4. The summed E-state index contributed by atoms with van der Waals surface area (Å²) in [6.45, 7) is 3.83. The number of ether oxygens (including phenoxy) is 1. The second-order valence-electron chi connectivity index (χ2n) is 8.36. The van der Waals surface area contributed by atoms with Crippen LogP contribution in [0.4, 0.5) is 5.00 Å². The molecule has 31 heavy (non-hydrogen) atoms. The lowest BCUT2D eigenvalue weighted by Crippen LogP contribution is -2.47. The Bertz CT molecular complexity index is 1050. The molecule has 4 rings (SSSR count). The van der Waals surface area contributed by atoms with Gasteiger partial charge < -0.3 is 15.0 Å². The van der Waals surface area contributed by atoms with E-state index in [9.17, 15) is 14.9 Å². The van der Waals surface area contributed by atoms with Gasteiger partial charge in [0.2, 0.25) is 5.91 Å². The predicted octanol–water partition coefficient (Wildman–Crippen LogP) is 4.66. The van der Waals surface area contributed by atoms with Crippen molar-refractivity contribution in [2.24, 2.45) is 5.92 Å². The molecule has 0 unspecified atom stereocenters. The number of methoxy groups -OCH3 is 1. The number of hydrogen-bond acceptors (Lipinski definition) is 5. The minimum atomic E-state index is -0.556. The summed E-state index contributed by atoms with van der Waals surface area (Å²) in [5, 5.41) is 13.1. The molecule has 0 spiro atoms. The standard InChI is InChI=1S/C24H27N3O3S/c1-14-15(2)31-23(18(14)13-25)26-22(28)20-12-16-8-4-6-10-19(16)27(20)24(29)17-9-5-7-11-21(17)30-3/h5,7,9,11,16,19-20H,4,6,8,10,12H2,1-3H3,(H,26,28)/t16-,19+,20+/m1/s1. The second kappa shape index (κ2) is 8.72. The topological polar surface area (TPSA) is 82.4 Å². The maximum absolute atomic E-state index is 13.6. The van der Waals surface area contributed by atoms with E-state index < -0.39 is 6.04 Å². The molecule has 7 heteroatoms. The molecular formula is C24H27N3O3S. The molecule has 1 aromatic carbocycles. The summed E-state index contributed by atoms with van der Waals surface area (Å²) in [6, 6.07) is 8.88. The Morgan fingerprint density at radius 3 is 2.71 bits per heavy atom. The van der Waals surface area contributed by atoms with E-state index in [0.717, 1.165) is 36.1 Å². The van der Waals surface area contributed by atoms with Gasteiger partial charge in [0.05, 0.1) is 18.2 Å². The van der Waals surface area contributed by atoms with Crippen molar-refractivity contribution in [1.82, 2.24) is 4.90 Å². The molecule has 0 bridgehead atoms. The van der Waals surface area contributed by atoms with Crippen LogP contribution in [0.1, 0.15) is 58.5 Å². The van der Waals surface area contributed by atoms with Crippen molar-refractivity contribution in [1.29, 1.82) is 5.26 Å². The van der Waals surface area contributed by atoms with Crippen LogP contribution in [0.15, 0.2) is 24.3 Å². The van der Waals surface area contributed by atoms with Gasteiger partial charge >= 0.3 is 0 Å². The second-order valence-corrected chi connectivity index (χ2v) is 9.59. The zero-order valence-electron chi connectivity index (χ0n) is 18.1. The fourth-order valence-electron chi connectivity index (χ4n) is 4.99. The van der Waals surface area contributed by atoms with Crippen LogP contribution >= 0.6 is 11.3 Å². The van der Waals surface area contributed by atoms with Crippen LogP contribution in [0.2, 0.25) is 0 Å². The van der Waals surface area contributed by atoms with E-state index in [4.69, 9.17) is 4.74 Å². The van der Waals surface area contributed by atoms with E-state index in [1.54, 1.807) is 24.1 Å². The van der Waals surface area contributed by atoms with Crippen LogP contribution in [-0.4, -0.2) is 35.9 Å². The number of carbonyl (C=O) groups is 2. The fraction of sp³-hybridized carbons (Fsp3) is 0.458. The molecule has 1 saturated carbocycles. The number of fused-ring (bicyclic) bond motifs is 1. The molecule has 2 amide bonds. The SMILES string of the molecule is COc1ccccc1C(=O)N1[C@H](C(=O)Nc2sc(C)c(C)c2C#N)C[C@H]2CCCC[C@@H]21. The molecule has 162 valence electrons. The largest absolute Gasteiger partial charge is 0.496 e. The molecule has 1 aromatic heterocycles. The van der Waals surface area contributed by atoms with Gasteiger partial charge in [0.25, 0.3) is 5.91 Å². The van der Waals surface area contributed by atoms with Crippen LogP contribution < -0.4 is 10.1 Å². The Morgan fingerprint density at radius 1 is 1.23 bits per heavy atom. The molecule has 2 aliphatic rings. The van der Waals surface area contributed by atoms with Crippen molar-refractivity contribution in [3.63, 3.8) is 0 Å². The normalized spacial score (nSPS) is 22.5. The highest BCUT2D eigenvalue weighted by molar-refractivity contribution is 7.16. The Balaban J connectivity index is 1.66. The summed E-state index contributed by atoms with van der Waals surface area (Å²) in [6.07, 6.45) is 4.80. The average molecular weight is 438 g/mol. The fourth-order valence-corrected chi connectivity index (χ4v) is 6.01. The van der Waals surface area contributed by atoms with E-state index >= 15 is 0 Å². The molecule has 1 aliphatic carbocycles. The number of hydrogen-bond donors (Lipinski definition) is 1. The van der Waals surface area contributed by atoms with Crippen LogP contribution in [0.25, 0.3) is 0 Å². The number of amides is 2. The monoisotopic (exact) mass is 437 g/mol. The number of nitrogens with zero attached hydrogens (tertiary/aromatic N) is 2. The van der Waals surface area contributed by atoms with E-state index in [0.29, 0.717) is 34.2 Å². The molecule has 3 atom stereocenters. The third-order valence-electron chi connectivity index (χ3n) is 6.70. The van der Waals surface area contributed by atoms with Gasteiger partial charge in [-0.25, -0.2) is 0 Å². The van der Waals surface area contributed by atoms with Crippen molar-refractivity contribution in [2.45, 2.75) is 58.0 Å². The summed E-state index contributed by atoms with van der Waals surface area (Å²) < 4.78 is 5.42. The summed E-state index contributed by atoms with van der Waals surface area (Å²) in [7, 11) is 1.55. The van der Waals surface area contributed by atoms with Crippen molar-refractivity contribution >= 4 is 28.2 Å². The first-order chi connectivity index (χ1) is 15.0. The molecular weight excluding hydrogens is 410 g/mol. The first-order valence-corrected chi connectivity index (χ1v) is 11.5. The zero-order valence-corrected chi connectivity index (χ0v) is 18.9. The van der Waals surface area contributed by atoms with Crippen LogP contribution in [0, 0.1) is 31.1 Å². The van der Waals surface area contributed by atoms with Crippen molar-refractivity contribution < 1.29 is 14.3 Å². The molecule has 6 nitrogen and oxygen atoms in total. The molecule has 2 heterocycles. The minimum absolute atomic E-state index is 0.0594. The van der Waals surface area contributed by atoms with Gasteiger partial charge in [0.15, 0.2) is 0 Å². The number of nitrogens with one attached hydrogen (secondary N) is 1. The maximum atomic E-state index is 13.6. The molecule has 1 N–H and O–H groups in total. The number of carbonyl (C=O) groups excluding carboxylic acids is 2. The van der Waals surface area contributed by atoms with E-state index in [1.807, 2.05) is 26.0 Å². The molecule has 1 saturated heterocycles. The van der Waals surface area contributed by atoms with Gasteiger partial charge in [-0.2, -0.15) is 5.26 Å². The lowest BCUT2D eigenvalue weighted by molar-refractivity contribution is -0.120. The van der Waals surface area contributed by atoms with E-state index in [2.05, 4.69) is 11.4 Å². The zero-order chi connectivity index (χ0) is 22.1. The number of benzene rings is 1. The Kier molecular flexibility index (Phi) is 6.01. The highest BCUT2D eigenvalue weighted by Crippen LogP contribution is 2.42. The minimum Gasteiger partial charge on any atom is -0.496 e. The number of anilines is 1. The highest BCUT2D eigenvalue weighted by Gasteiger charge is 2.48. The molecule has 0 radical (unpaired) electrons. The quantitative estimate of drug-likeness (QED) is 0.754. The van der Waals surface area contributed by atoms with Crippen molar-refractivity contribution in [3.8, 4) is 11.8 Å². The molecule has 2 fully saturated rings. The summed E-state index contributed by atoms with van der Waals surface area (Å²) in [4.78, 5) is 29.9. The number of thiophene rings is 1. The van der Waals surface area contributed by atoms with E-state index in [1.165, 1.54) is 11.3 Å². The third-order valence-corrected chi connectivity index (χ3v) is 7.82. The lowest BCUT2D eigenvalue weighted by Gasteiger charge is -2.34. The summed E-state index contributed by atoms with van der Waals surface area (Å²) in [5.41, 5.74) is 1.88. The number of para-hydroxylation sites is 1. The third kappa shape index (κ3) is 3.81. The van der Waals surface area contributed by atoms with Gasteiger partial charge in [-0.3, -0.25) is 9.59 Å². The van der Waals surface area contributed by atoms with Gasteiger partial charge in [0, 0.05) is 10.9 Å². The number of nitriles is 1. The highest BCUT2D eigenvalue weighted by atomic mass is 32.1. The van der Waals surface area contributed by atoms with Gasteiger partial charge in [-0.15, -0.1) is 11.3 Å². The maximum Gasteiger partial charge on any atom is 0.258 e. The summed E-state index contributed by atoms with van der Waals surface area (Å²) >= 11 is 1.41. The average Bonchev–Trinajstić information content (AvgIpc) is 3.30. The Labute approximate surface area is 186 Å². The number of aryl methyl sites for hydroxylation is 1. The molecule has 2 aromatic rings. The Hall–Kier alpha value is -2.85. The number of likely N-dealkylation sites (tertiary alicyclic amines) is 1. The van der Waals surface area contributed by atoms with Crippen LogP contribution in [0.3, 0.4) is 0 Å². The van der Waals surface area contributed by atoms with Crippen molar-refractivity contribution in [2.75, 3.05) is 12.4 Å². The first-order valence-electron chi connectivity index (χ1n) is 10.7. The first kappa shape index (κ1) is 21.4. The van der Waals surface area contributed by atoms with Crippen LogP contribution in [0.5, 0.6) is 5.75 Å². The predicted molar refractivity (Wildman–Crippen MR) is 120 cm³/mol. The summed E-state index contributed by atoms with van der Waals surface area (Å²) in [5.74, 6) is 0.467. The van der Waals surface area contributed by atoms with E-state index in [-0.39, 0.29) is 17.9 Å². The van der Waals surface area contributed by atoms with Crippen molar-refractivity contribution in [3.05, 3.63) is 45.8 Å². The Morgan fingerprint density at radius 2 is 1.97 bits per heavy atom.